The predicted octanol–water partition coefficient (Wildman–Crippen LogP) is 0.628. The third-order valence-electron chi connectivity index (χ3n) is 7.53. The maximum atomic E-state index is 13.3. The first kappa shape index (κ1) is 34.1. The van der Waals surface area contributed by atoms with Crippen LogP contribution in [0, 0.1) is 5.92 Å². The minimum atomic E-state index is -1.71. The molecule has 7 atom stereocenters. The van der Waals surface area contributed by atoms with Gasteiger partial charge in [-0.15, -0.1) is 0 Å². The van der Waals surface area contributed by atoms with Gasteiger partial charge in [0.25, 0.3) is 0 Å². The molecule has 1 fully saturated rings. The number of esters is 2. The van der Waals surface area contributed by atoms with Crippen LogP contribution in [0.2, 0.25) is 0 Å². The fourth-order valence-electron chi connectivity index (χ4n) is 5.01. The Morgan fingerprint density at radius 1 is 0.911 bits per heavy atom. The fourth-order valence-corrected chi connectivity index (χ4v) is 5.01. The number of allylic oxidation sites excluding steroid dienone is 1. The average molecular weight is 631 g/mol. The maximum Gasteiger partial charge on any atom is 0.337 e. The average Bonchev–Trinajstić information content (AvgIpc) is 3.03. The van der Waals surface area contributed by atoms with Crippen molar-refractivity contribution in [2.24, 2.45) is 5.92 Å². The normalized spacial score (nSPS) is 27.4. The summed E-state index contributed by atoms with van der Waals surface area (Å²) >= 11 is 0. The topological polar surface area (TPSA) is 202 Å². The van der Waals surface area contributed by atoms with Crippen LogP contribution in [0.1, 0.15) is 24.5 Å². The van der Waals surface area contributed by atoms with Crippen molar-refractivity contribution < 1.29 is 63.9 Å². The van der Waals surface area contributed by atoms with Gasteiger partial charge in [-0.3, -0.25) is 4.79 Å². The van der Waals surface area contributed by atoms with E-state index >= 15 is 0 Å². The molecule has 0 unspecified atom stereocenters. The van der Waals surface area contributed by atoms with E-state index in [2.05, 4.69) is 0 Å². The van der Waals surface area contributed by atoms with Gasteiger partial charge in [0.05, 0.1) is 31.5 Å². The number of benzene rings is 2. The molecular weight excluding hydrogens is 592 g/mol. The van der Waals surface area contributed by atoms with Crippen molar-refractivity contribution in [2.45, 2.75) is 63.2 Å². The number of aliphatic hydroxyl groups is 5. The van der Waals surface area contributed by atoms with Crippen LogP contribution >= 0.6 is 0 Å². The highest BCUT2D eigenvalue weighted by Gasteiger charge is 2.47. The van der Waals surface area contributed by atoms with Gasteiger partial charge in [0.1, 0.15) is 35.9 Å². The van der Waals surface area contributed by atoms with Crippen molar-refractivity contribution in [2.75, 3.05) is 19.8 Å². The molecule has 2 aliphatic rings. The van der Waals surface area contributed by atoms with E-state index in [4.69, 9.17) is 28.8 Å². The number of rotatable bonds is 12. The smallest absolute Gasteiger partial charge is 0.337 e. The molecule has 0 spiro atoms. The van der Waals surface area contributed by atoms with E-state index in [1.807, 2.05) is 0 Å². The molecule has 13 heteroatoms. The van der Waals surface area contributed by atoms with Crippen molar-refractivity contribution >= 4 is 11.9 Å². The minimum absolute atomic E-state index is 0.00213. The second-order valence-corrected chi connectivity index (χ2v) is 10.6. The van der Waals surface area contributed by atoms with Gasteiger partial charge in [0.2, 0.25) is 6.29 Å². The van der Waals surface area contributed by atoms with Gasteiger partial charge in [0.15, 0.2) is 6.29 Å². The van der Waals surface area contributed by atoms with Crippen LogP contribution < -0.4 is 4.74 Å². The second-order valence-electron chi connectivity index (χ2n) is 10.6. The molecule has 2 aliphatic heterocycles. The lowest BCUT2D eigenvalue weighted by atomic mass is 9.86. The molecule has 0 radical (unpaired) electrons. The molecule has 6 N–H and O–H groups in total. The lowest BCUT2D eigenvalue weighted by molar-refractivity contribution is -0.327. The van der Waals surface area contributed by atoms with Gasteiger partial charge in [-0.25, -0.2) is 4.79 Å². The van der Waals surface area contributed by atoms with Crippen molar-refractivity contribution in [1.29, 1.82) is 0 Å². The molecule has 2 heterocycles. The monoisotopic (exact) mass is 630 g/mol. The highest BCUT2D eigenvalue weighted by atomic mass is 16.8. The first-order valence-corrected chi connectivity index (χ1v) is 14.5. The van der Waals surface area contributed by atoms with Crippen LogP contribution in [0.25, 0.3) is 0 Å². The van der Waals surface area contributed by atoms with Crippen molar-refractivity contribution in [3.63, 3.8) is 0 Å². The molecule has 2 aromatic rings. The number of hydrogen-bond donors (Lipinski definition) is 6. The number of carbonyl (C=O) groups excluding carboxylic acids is 2. The van der Waals surface area contributed by atoms with E-state index in [1.165, 1.54) is 12.1 Å². The number of aliphatic hydroxyl groups excluding tert-OH is 5. The lowest BCUT2D eigenvalue weighted by Gasteiger charge is -2.41. The number of phenols is 1. The third kappa shape index (κ3) is 8.67. The number of carbonyl (C=O) groups is 2. The first-order valence-electron chi connectivity index (χ1n) is 14.5. The summed E-state index contributed by atoms with van der Waals surface area (Å²) in [6.45, 7) is 0.928. The van der Waals surface area contributed by atoms with E-state index in [0.717, 1.165) is 17.4 Å². The molecule has 45 heavy (non-hydrogen) atoms. The molecule has 2 aromatic carbocycles. The highest BCUT2D eigenvalue weighted by Crippen LogP contribution is 2.36. The second kappa shape index (κ2) is 16.0. The van der Waals surface area contributed by atoms with Crippen LogP contribution in [-0.4, -0.2) is 99.4 Å². The summed E-state index contributed by atoms with van der Waals surface area (Å²) in [4.78, 5) is 26.4. The van der Waals surface area contributed by atoms with Gasteiger partial charge >= 0.3 is 11.9 Å². The van der Waals surface area contributed by atoms with Crippen LogP contribution in [0.4, 0.5) is 0 Å². The van der Waals surface area contributed by atoms with E-state index < -0.39 is 61.5 Å². The van der Waals surface area contributed by atoms with Gasteiger partial charge < -0.3 is 54.3 Å². The molecule has 0 amide bonds. The largest absolute Gasteiger partial charge is 0.508 e. The van der Waals surface area contributed by atoms with Crippen LogP contribution in [0.3, 0.4) is 0 Å². The van der Waals surface area contributed by atoms with E-state index in [-0.39, 0.29) is 42.3 Å². The Kier molecular flexibility index (Phi) is 12.1. The minimum Gasteiger partial charge on any atom is -0.508 e. The Hall–Kier alpha value is -3.82. The fraction of sp³-hybridized carbons (Fsp3) is 0.438. The number of phenolic OH excluding ortho intramolecular Hbond substituents is 1. The first-order chi connectivity index (χ1) is 21.6. The van der Waals surface area contributed by atoms with E-state index in [1.54, 1.807) is 49.4 Å². The molecule has 0 aromatic heterocycles. The molecule has 244 valence electrons. The molecule has 0 bridgehead atoms. The Balaban J connectivity index is 1.52. The standard InChI is InChI=1S/C32H38O13/c1-2-22-23(15-26(36)43-21-9-5-18(6-10-21)11-13-33)24(30(40)41-14-12-19-3-7-20(35)8-4-19)17-42-31(22)45-32-29(39)28(38)27(37)25(16-34)44-32/h2-10,17,23,25,27-29,31-35,37-39H,11-16H2,1H3/t23-,25+,27+,28-,29+,31-,32-/m0/s1. The van der Waals surface area contributed by atoms with Crippen LogP contribution in [-0.2, 0) is 41.4 Å². The number of hydrogen-bond acceptors (Lipinski definition) is 13. The van der Waals surface area contributed by atoms with Gasteiger partial charge in [0, 0.05) is 24.5 Å². The van der Waals surface area contributed by atoms with Crippen molar-refractivity contribution in [3.8, 4) is 11.5 Å². The van der Waals surface area contributed by atoms with Crippen molar-refractivity contribution in [3.05, 3.63) is 83.1 Å². The van der Waals surface area contributed by atoms with Crippen LogP contribution in [0.15, 0.2) is 72.0 Å². The summed E-state index contributed by atoms with van der Waals surface area (Å²) < 4.78 is 27.9. The zero-order chi connectivity index (χ0) is 32.5. The molecule has 1 saturated heterocycles. The number of ether oxygens (including phenoxy) is 5. The highest BCUT2D eigenvalue weighted by molar-refractivity contribution is 5.91. The summed E-state index contributed by atoms with van der Waals surface area (Å²) in [5, 5.41) is 58.9. The molecular formula is C32H38O13. The quantitative estimate of drug-likeness (QED) is 0.108. The summed E-state index contributed by atoms with van der Waals surface area (Å²) in [7, 11) is 0. The summed E-state index contributed by atoms with van der Waals surface area (Å²) in [6.07, 6.45) is -5.96. The number of aromatic hydroxyl groups is 1. The molecule has 13 nitrogen and oxygen atoms in total. The van der Waals surface area contributed by atoms with E-state index in [0.29, 0.717) is 12.8 Å². The zero-order valence-corrected chi connectivity index (χ0v) is 24.6. The molecule has 0 aliphatic carbocycles. The lowest BCUT2D eigenvalue weighted by Crippen LogP contribution is -2.60. The summed E-state index contributed by atoms with van der Waals surface area (Å²) in [5.41, 5.74) is 1.96. The summed E-state index contributed by atoms with van der Waals surface area (Å²) in [5.74, 6) is -2.04. The Morgan fingerprint density at radius 3 is 2.22 bits per heavy atom. The third-order valence-corrected chi connectivity index (χ3v) is 7.53. The Bertz CT molecular complexity index is 1340. The Morgan fingerprint density at radius 2 is 1.58 bits per heavy atom. The van der Waals surface area contributed by atoms with E-state index in [9.17, 15) is 35.1 Å². The predicted molar refractivity (Wildman–Crippen MR) is 155 cm³/mol. The zero-order valence-electron chi connectivity index (χ0n) is 24.6. The SMILES string of the molecule is CC=C1[C@H](O[C@@H]2O[C@H](CO)[C@@H](O)[C@H](O)[C@H]2O)OC=C(C(=O)OCCc2ccc(O)cc2)[C@H]1CC(=O)Oc1ccc(CCO)cc1. The maximum absolute atomic E-state index is 13.3. The van der Waals surface area contributed by atoms with Crippen molar-refractivity contribution in [1.82, 2.24) is 0 Å². The molecule has 4 rings (SSSR count). The van der Waals surface area contributed by atoms with Gasteiger partial charge in [-0.1, -0.05) is 30.3 Å². The summed E-state index contributed by atoms with van der Waals surface area (Å²) in [6, 6.07) is 13.0. The van der Waals surface area contributed by atoms with Gasteiger partial charge in [-0.2, -0.15) is 0 Å². The van der Waals surface area contributed by atoms with Crippen LogP contribution in [0.5, 0.6) is 11.5 Å². The Labute approximate surface area is 259 Å². The van der Waals surface area contributed by atoms with Gasteiger partial charge in [-0.05, 0) is 48.7 Å². The molecule has 0 saturated carbocycles.